The predicted molar refractivity (Wildman–Crippen MR) is 98.7 cm³/mol. The van der Waals surface area contributed by atoms with E-state index in [1.54, 1.807) is 0 Å². The van der Waals surface area contributed by atoms with Gasteiger partial charge in [0.25, 0.3) is 5.91 Å². The van der Waals surface area contributed by atoms with Crippen LogP contribution in [0.3, 0.4) is 0 Å². The van der Waals surface area contributed by atoms with Crippen LogP contribution in [-0.2, 0) is 6.54 Å². The molecule has 1 aromatic carbocycles. The van der Waals surface area contributed by atoms with Crippen molar-refractivity contribution < 1.29 is 9.32 Å². The van der Waals surface area contributed by atoms with Gasteiger partial charge >= 0.3 is 0 Å². The molecule has 1 saturated heterocycles. The molecule has 0 saturated carbocycles. The van der Waals surface area contributed by atoms with Gasteiger partial charge in [-0.05, 0) is 43.4 Å². The maximum Gasteiger partial charge on any atom is 0.255 e. The molecule has 0 radical (unpaired) electrons. The van der Waals surface area contributed by atoms with Crippen LogP contribution in [0.15, 0.2) is 41.4 Å². The molecule has 1 atom stereocenters. The van der Waals surface area contributed by atoms with E-state index in [4.69, 9.17) is 4.52 Å². The van der Waals surface area contributed by atoms with Gasteiger partial charge in [-0.1, -0.05) is 25.1 Å². The van der Waals surface area contributed by atoms with Gasteiger partial charge in [-0.3, -0.25) is 4.79 Å². The van der Waals surface area contributed by atoms with Gasteiger partial charge in [0.2, 0.25) is 6.39 Å². The van der Waals surface area contributed by atoms with E-state index in [0.717, 1.165) is 48.8 Å². The lowest BCUT2D eigenvalue weighted by molar-refractivity contribution is 0.0599. The Labute approximate surface area is 152 Å². The molecule has 2 aromatic heterocycles. The third kappa shape index (κ3) is 3.00. The zero-order chi connectivity index (χ0) is 18.1. The smallest absolute Gasteiger partial charge is 0.255 e. The molecule has 1 fully saturated rings. The second-order valence-corrected chi connectivity index (χ2v) is 7.40. The number of hydrogen-bond acceptors (Lipinski definition) is 4. The van der Waals surface area contributed by atoms with Crippen LogP contribution in [0.5, 0.6) is 0 Å². The molecule has 6 nitrogen and oxygen atoms in total. The topological polar surface area (TPSA) is 64.2 Å². The standard InChI is InChI=1S/C20H24N4O2/c1-14(2)12-23-11-9-15-16(6-5-8-17(15)23)20(25)24-10-4-3-7-18(24)19-21-13-26-22-19/h5-6,8-9,11,13-14,18H,3-4,7,10,12H2,1-2H3. The van der Waals surface area contributed by atoms with Crippen LogP contribution in [0, 0.1) is 5.92 Å². The van der Waals surface area contributed by atoms with Crippen molar-refractivity contribution in [1.29, 1.82) is 0 Å². The Morgan fingerprint density at radius 3 is 2.96 bits per heavy atom. The summed E-state index contributed by atoms with van der Waals surface area (Å²) in [6, 6.07) is 7.92. The summed E-state index contributed by atoms with van der Waals surface area (Å²) in [5.41, 5.74) is 1.86. The fourth-order valence-electron chi connectivity index (χ4n) is 3.89. The molecular weight excluding hydrogens is 328 g/mol. The number of nitrogens with zero attached hydrogens (tertiary/aromatic N) is 4. The Bertz CT molecular complexity index is 898. The summed E-state index contributed by atoms with van der Waals surface area (Å²) in [5.74, 6) is 1.20. The number of carbonyl (C=O) groups is 1. The van der Waals surface area contributed by atoms with Crippen LogP contribution in [-0.4, -0.2) is 32.1 Å². The molecule has 1 aliphatic rings. The number of carbonyl (C=O) groups excluding carboxylic acids is 1. The highest BCUT2D eigenvalue weighted by atomic mass is 16.5. The van der Waals surface area contributed by atoms with Crippen LogP contribution in [0.4, 0.5) is 0 Å². The number of rotatable bonds is 4. The summed E-state index contributed by atoms with van der Waals surface area (Å²) in [7, 11) is 0. The third-order valence-corrected chi connectivity index (χ3v) is 5.05. The molecule has 0 spiro atoms. The lowest BCUT2D eigenvalue weighted by Crippen LogP contribution is -2.39. The van der Waals surface area contributed by atoms with Crippen molar-refractivity contribution >= 4 is 16.8 Å². The summed E-state index contributed by atoms with van der Waals surface area (Å²) in [4.78, 5) is 19.5. The van der Waals surface area contributed by atoms with E-state index in [1.165, 1.54) is 6.39 Å². The Kier molecular flexibility index (Phi) is 4.49. The highest BCUT2D eigenvalue weighted by Crippen LogP contribution is 2.32. The second-order valence-electron chi connectivity index (χ2n) is 7.40. The van der Waals surface area contributed by atoms with Gasteiger partial charge in [0, 0.05) is 35.8 Å². The van der Waals surface area contributed by atoms with Crippen molar-refractivity contribution in [2.45, 2.75) is 45.7 Å². The van der Waals surface area contributed by atoms with E-state index in [1.807, 2.05) is 17.0 Å². The highest BCUT2D eigenvalue weighted by Gasteiger charge is 2.32. The number of aromatic nitrogens is 3. The molecule has 0 N–H and O–H groups in total. The Balaban J connectivity index is 1.70. The zero-order valence-electron chi connectivity index (χ0n) is 15.3. The number of benzene rings is 1. The minimum atomic E-state index is -0.108. The Morgan fingerprint density at radius 2 is 2.19 bits per heavy atom. The van der Waals surface area contributed by atoms with E-state index in [2.05, 4.69) is 46.9 Å². The Morgan fingerprint density at radius 1 is 1.31 bits per heavy atom. The Hall–Kier alpha value is -2.63. The van der Waals surface area contributed by atoms with Crippen LogP contribution in [0.25, 0.3) is 10.9 Å². The van der Waals surface area contributed by atoms with Crippen molar-refractivity contribution in [2.24, 2.45) is 5.92 Å². The summed E-state index contributed by atoms with van der Waals surface area (Å²) >= 11 is 0. The van der Waals surface area contributed by atoms with Gasteiger partial charge in [-0.15, -0.1) is 0 Å². The molecule has 136 valence electrons. The largest absolute Gasteiger partial charge is 0.347 e. The SMILES string of the molecule is CC(C)Cn1ccc2c(C(=O)N3CCCCC3c3ncon3)cccc21. The number of amides is 1. The van der Waals surface area contributed by atoms with Crippen molar-refractivity contribution in [3.05, 3.63) is 48.2 Å². The van der Waals surface area contributed by atoms with Gasteiger partial charge in [0.05, 0.1) is 6.04 Å². The molecular formula is C20H24N4O2. The van der Waals surface area contributed by atoms with Crippen LogP contribution in [0.2, 0.25) is 0 Å². The summed E-state index contributed by atoms with van der Waals surface area (Å²) in [6.07, 6.45) is 6.35. The lowest BCUT2D eigenvalue weighted by atomic mass is 9.99. The van der Waals surface area contributed by atoms with Gasteiger partial charge in [-0.25, -0.2) is 0 Å². The average molecular weight is 352 g/mol. The van der Waals surface area contributed by atoms with Gasteiger partial charge in [-0.2, -0.15) is 4.98 Å². The molecule has 1 aliphatic heterocycles. The molecule has 6 heteroatoms. The van der Waals surface area contributed by atoms with E-state index < -0.39 is 0 Å². The van der Waals surface area contributed by atoms with Gasteiger partial charge < -0.3 is 14.0 Å². The fraction of sp³-hybridized carbons (Fsp3) is 0.450. The number of likely N-dealkylation sites (tertiary alicyclic amines) is 1. The van der Waals surface area contributed by atoms with E-state index >= 15 is 0 Å². The van der Waals surface area contributed by atoms with E-state index in [0.29, 0.717) is 11.7 Å². The van der Waals surface area contributed by atoms with Gasteiger partial charge in [0.15, 0.2) is 5.82 Å². The molecule has 1 unspecified atom stereocenters. The van der Waals surface area contributed by atoms with Crippen LogP contribution in [0.1, 0.15) is 55.3 Å². The third-order valence-electron chi connectivity index (χ3n) is 5.05. The predicted octanol–water partition coefficient (Wildman–Crippen LogP) is 4.05. The first-order valence-corrected chi connectivity index (χ1v) is 9.30. The molecule has 1 amide bonds. The van der Waals surface area contributed by atoms with Crippen molar-refractivity contribution in [3.63, 3.8) is 0 Å². The van der Waals surface area contributed by atoms with E-state index in [9.17, 15) is 4.79 Å². The summed E-state index contributed by atoms with van der Waals surface area (Å²) in [5, 5.41) is 4.99. The normalized spacial score (nSPS) is 18.0. The minimum absolute atomic E-state index is 0.0485. The fourth-order valence-corrected chi connectivity index (χ4v) is 3.89. The van der Waals surface area contributed by atoms with Crippen molar-refractivity contribution in [3.8, 4) is 0 Å². The number of hydrogen-bond donors (Lipinski definition) is 0. The van der Waals surface area contributed by atoms with Crippen LogP contribution < -0.4 is 0 Å². The number of fused-ring (bicyclic) bond motifs is 1. The first kappa shape index (κ1) is 16.8. The molecule has 4 rings (SSSR count). The average Bonchev–Trinajstić information content (AvgIpc) is 3.31. The molecule has 0 bridgehead atoms. The van der Waals surface area contributed by atoms with Crippen molar-refractivity contribution in [1.82, 2.24) is 19.6 Å². The summed E-state index contributed by atoms with van der Waals surface area (Å²) in [6.45, 7) is 6.06. The molecule has 26 heavy (non-hydrogen) atoms. The highest BCUT2D eigenvalue weighted by molar-refractivity contribution is 6.06. The monoisotopic (exact) mass is 352 g/mol. The van der Waals surface area contributed by atoms with Crippen LogP contribution >= 0.6 is 0 Å². The maximum atomic E-state index is 13.4. The van der Waals surface area contributed by atoms with Gasteiger partial charge in [0.1, 0.15) is 0 Å². The lowest BCUT2D eigenvalue weighted by Gasteiger charge is -2.34. The first-order valence-electron chi connectivity index (χ1n) is 9.30. The molecule has 0 aliphatic carbocycles. The molecule has 3 aromatic rings. The van der Waals surface area contributed by atoms with E-state index in [-0.39, 0.29) is 11.9 Å². The quantitative estimate of drug-likeness (QED) is 0.711. The van der Waals surface area contributed by atoms with Crippen molar-refractivity contribution in [2.75, 3.05) is 6.54 Å². The first-order chi connectivity index (χ1) is 12.6. The number of piperidine rings is 1. The maximum absolute atomic E-state index is 13.4. The second kappa shape index (κ2) is 6.94. The zero-order valence-corrected chi connectivity index (χ0v) is 15.3. The molecule has 3 heterocycles. The minimum Gasteiger partial charge on any atom is -0.347 e. The summed E-state index contributed by atoms with van der Waals surface area (Å²) < 4.78 is 7.14.